The minimum Gasteiger partial charge on any atom is -0.353 e. The van der Waals surface area contributed by atoms with Crippen molar-refractivity contribution in [2.45, 2.75) is 57.0 Å². The molecule has 3 aliphatic rings. The largest absolute Gasteiger partial charge is 0.353 e. The van der Waals surface area contributed by atoms with E-state index in [1.807, 2.05) is 24.1 Å². The number of carbonyl (C=O) groups is 1. The Morgan fingerprint density at radius 3 is 2.54 bits per heavy atom. The molecule has 3 unspecified atom stereocenters. The van der Waals surface area contributed by atoms with Crippen LogP contribution in [0.3, 0.4) is 0 Å². The van der Waals surface area contributed by atoms with Crippen LogP contribution in [-0.2, 0) is 4.79 Å². The Hall–Kier alpha value is -1.11. The number of rotatable bonds is 3. The van der Waals surface area contributed by atoms with Crippen molar-refractivity contribution in [3.05, 3.63) is 18.3 Å². The van der Waals surface area contributed by atoms with Crippen LogP contribution in [0.25, 0.3) is 0 Å². The van der Waals surface area contributed by atoms with E-state index in [0.29, 0.717) is 23.8 Å². The molecule has 158 valence electrons. The molecule has 2 heterocycles. The quantitative estimate of drug-likeness (QED) is 0.798. The zero-order valence-electron chi connectivity index (χ0n) is 16.6. The monoisotopic (exact) mass is 429 g/mol. The van der Waals surface area contributed by atoms with Crippen molar-refractivity contribution in [2.75, 3.05) is 25.0 Å². The van der Waals surface area contributed by atoms with Crippen LogP contribution in [0.15, 0.2) is 18.3 Å². The highest BCUT2D eigenvalue weighted by atomic mass is 35.5. The third kappa shape index (κ3) is 4.71. The van der Waals surface area contributed by atoms with Crippen molar-refractivity contribution >= 4 is 36.5 Å². The normalized spacial score (nSPS) is 31.9. The van der Waals surface area contributed by atoms with Gasteiger partial charge in [-0.2, -0.15) is 5.10 Å². The van der Waals surface area contributed by atoms with Gasteiger partial charge in [0.2, 0.25) is 5.91 Å². The number of nitrogens with zero attached hydrogens (tertiary/aromatic N) is 4. The highest BCUT2D eigenvalue weighted by Crippen LogP contribution is 2.42. The summed E-state index contributed by atoms with van der Waals surface area (Å²) in [5, 5.41) is 8.23. The summed E-state index contributed by atoms with van der Waals surface area (Å²) in [7, 11) is 2.00. The van der Waals surface area contributed by atoms with Crippen LogP contribution in [0.5, 0.6) is 0 Å². The van der Waals surface area contributed by atoms with Gasteiger partial charge in [0.05, 0.1) is 0 Å². The third-order valence-corrected chi connectivity index (χ3v) is 6.94. The summed E-state index contributed by atoms with van der Waals surface area (Å²) in [6.07, 6.45) is 9.52. The van der Waals surface area contributed by atoms with Crippen molar-refractivity contribution in [1.29, 1.82) is 0 Å². The SMILES string of the molecule is CN(C(=O)C1CC2CCCC(C1)C2N)C1CCCN(c2cccnn2)C1.Cl.Cl. The van der Waals surface area contributed by atoms with E-state index in [1.165, 1.54) is 19.3 Å². The molecule has 1 amide bonds. The summed E-state index contributed by atoms with van der Waals surface area (Å²) < 4.78 is 0. The first-order valence-electron chi connectivity index (χ1n) is 10.2. The molecule has 0 spiro atoms. The number of fused-ring (bicyclic) bond motifs is 2. The zero-order chi connectivity index (χ0) is 18.1. The maximum absolute atomic E-state index is 13.2. The van der Waals surface area contributed by atoms with Gasteiger partial charge in [-0.3, -0.25) is 4.79 Å². The lowest BCUT2D eigenvalue weighted by atomic mass is 9.65. The number of nitrogens with two attached hydrogens (primary N) is 1. The maximum Gasteiger partial charge on any atom is 0.225 e. The fourth-order valence-electron chi connectivity index (χ4n) is 5.40. The van der Waals surface area contributed by atoms with E-state index in [0.717, 1.165) is 44.6 Å². The van der Waals surface area contributed by atoms with Crippen LogP contribution < -0.4 is 10.6 Å². The molecule has 0 aromatic carbocycles. The van der Waals surface area contributed by atoms with E-state index >= 15 is 0 Å². The van der Waals surface area contributed by atoms with Crippen LogP contribution in [0, 0.1) is 17.8 Å². The Labute approximate surface area is 180 Å². The van der Waals surface area contributed by atoms with Gasteiger partial charge >= 0.3 is 0 Å². The van der Waals surface area contributed by atoms with Crippen LogP contribution in [0.4, 0.5) is 5.82 Å². The molecule has 1 aromatic heterocycles. The summed E-state index contributed by atoms with van der Waals surface area (Å²) >= 11 is 0. The molecule has 1 aliphatic heterocycles. The van der Waals surface area contributed by atoms with Gasteiger partial charge in [-0.05, 0) is 62.5 Å². The summed E-state index contributed by atoms with van der Waals surface area (Å²) in [5.74, 6) is 2.51. The highest BCUT2D eigenvalue weighted by Gasteiger charge is 2.42. The van der Waals surface area contributed by atoms with Crippen molar-refractivity contribution in [3.8, 4) is 0 Å². The molecule has 28 heavy (non-hydrogen) atoms. The Morgan fingerprint density at radius 1 is 1.18 bits per heavy atom. The Kier molecular flexibility index (Phi) is 8.34. The first-order valence-corrected chi connectivity index (χ1v) is 10.2. The topological polar surface area (TPSA) is 75.3 Å². The van der Waals surface area contributed by atoms with Gasteiger partial charge in [0.15, 0.2) is 5.82 Å². The smallest absolute Gasteiger partial charge is 0.225 e. The lowest BCUT2D eigenvalue weighted by Crippen LogP contribution is -2.53. The lowest BCUT2D eigenvalue weighted by molar-refractivity contribution is -0.139. The van der Waals surface area contributed by atoms with E-state index in [9.17, 15) is 4.79 Å². The number of halogens is 2. The van der Waals surface area contributed by atoms with Crippen molar-refractivity contribution in [1.82, 2.24) is 15.1 Å². The molecular formula is C20H33Cl2N5O. The van der Waals surface area contributed by atoms with Gasteiger partial charge in [-0.1, -0.05) is 6.42 Å². The number of hydrogen-bond acceptors (Lipinski definition) is 5. The van der Waals surface area contributed by atoms with Crippen molar-refractivity contribution < 1.29 is 4.79 Å². The minimum atomic E-state index is 0. The fourth-order valence-corrected chi connectivity index (χ4v) is 5.40. The first-order chi connectivity index (χ1) is 12.6. The lowest BCUT2D eigenvalue weighted by Gasteiger charge is -2.45. The second-order valence-corrected chi connectivity index (χ2v) is 8.47. The number of aromatic nitrogens is 2. The van der Waals surface area contributed by atoms with Gasteiger partial charge in [0, 0.05) is 44.3 Å². The summed E-state index contributed by atoms with van der Waals surface area (Å²) in [6.45, 7) is 1.83. The Bertz CT molecular complexity index is 620. The van der Waals surface area contributed by atoms with Crippen molar-refractivity contribution in [2.24, 2.45) is 23.5 Å². The number of likely N-dealkylation sites (N-methyl/N-ethyl adjacent to an activating group) is 1. The number of anilines is 1. The fraction of sp³-hybridized carbons (Fsp3) is 0.750. The maximum atomic E-state index is 13.2. The van der Waals surface area contributed by atoms with Crippen molar-refractivity contribution in [3.63, 3.8) is 0 Å². The summed E-state index contributed by atoms with van der Waals surface area (Å²) in [4.78, 5) is 17.5. The second kappa shape index (κ2) is 10.1. The number of hydrogen-bond donors (Lipinski definition) is 1. The Balaban J connectivity index is 0.00000140. The predicted octanol–water partition coefficient (Wildman–Crippen LogP) is 2.90. The van der Waals surface area contributed by atoms with Gasteiger partial charge < -0.3 is 15.5 Å². The van der Waals surface area contributed by atoms with E-state index in [4.69, 9.17) is 5.73 Å². The predicted molar refractivity (Wildman–Crippen MR) is 116 cm³/mol. The molecule has 2 saturated carbocycles. The van der Waals surface area contributed by atoms with Gasteiger partial charge in [-0.15, -0.1) is 29.9 Å². The number of piperidine rings is 1. The van der Waals surface area contributed by atoms with E-state index in [2.05, 4.69) is 15.1 Å². The van der Waals surface area contributed by atoms with E-state index in [-0.39, 0.29) is 36.8 Å². The minimum absolute atomic E-state index is 0. The third-order valence-electron chi connectivity index (χ3n) is 6.94. The molecule has 2 aliphatic carbocycles. The second-order valence-electron chi connectivity index (χ2n) is 8.47. The zero-order valence-corrected chi connectivity index (χ0v) is 18.2. The molecule has 6 nitrogen and oxygen atoms in total. The standard InChI is InChI=1S/C20H31N5O.2ClH/c1-24(17-7-4-10-25(13-17)18-8-3-9-22-23-18)20(26)16-11-14-5-2-6-15(12-16)19(14)21;;/h3,8-9,14-17,19H,2,4-7,10-13,21H2,1H3;2*1H. The van der Waals surface area contributed by atoms with Crippen LogP contribution >= 0.6 is 24.8 Å². The molecule has 2 bridgehead atoms. The van der Waals surface area contributed by atoms with Crippen LogP contribution in [0.2, 0.25) is 0 Å². The molecule has 0 radical (unpaired) electrons. The molecule has 3 atom stereocenters. The molecule has 4 rings (SSSR count). The first kappa shape index (κ1) is 23.2. The average Bonchev–Trinajstić information content (AvgIpc) is 2.67. The summed E-state index contributed by atoms with van der Waals surface area (Å²) in [6, 6.07) is 4.50. The van der Waals surface area contributed by atoms with Crippen LogP contribution in [0.1, 0.15) is 44.9 Å². The molecule has 3 fully saturated rings. The van der Waals surface area contributed by atoms with E-state index < -0.39 is 0 Å². The molecule has 2 N–H and O–H groups in total. The van der Waals surface area contributed by atoms with E-state index in [1.54, 1.807) is 6.20 Å². The van der Waals surface area contributed by atoms with Gasteiger partial charge in [-0.25, -0.2) is 0 Å². The average molecular weight is 430 g/mol. The highest BCUT2D eigenvalue weighted by molar-refractivity contribution is 5.85. The summed E-state index contributed by atoms with van der Waals surface area (Å²) in [5.41, 5.74) is 6.40. The van der Waals surface area contributed by atoms with Gasteiger partial charge in [0.1, 0.15) is 0 Å². The molecule has 1 saturated heterocycles. The van der Waals surface area contributed by atoms with Gasteiger partial charge in [0.25, 0.3) is 0 Å². The number of amides is 1. The molecular weight excluding hydrogens is 397 g/mol. The molecule has 1 aromatic rings. The van der Waals surface area contributed by atoms with Crippen LogP contribution in [-0.4, -0.2) is 53.2 Å². The Morgan fingerprint density at radius 2 is 1.89 bits per heavy atom. The molecule has 8 heteroatoms. The number of carbonyl (C=O) groups excluding carboxylic acids is 1.